The zero-order chi connectivity index (χ0) is 17.8. The molecule has 25 heavy (non-hydrogen) atoms. The summed E-state index contributed by atoms with van der Waals surface area (Å²) in [5, 5.41) is 9.25. The van der Waals surface area contributed by atoms with E-state index in [-0.39, 0.29) is 12.0 Å². The number of benzene rings is 1. The molecular formula is C21H26N2O2. The number of aryl methyl sites for hydroxylation is 2. The summed E-state index contributed by atoms with van der Waals surface area (Å²) in [5.41, 5.74) is 4.73. The van der Waals surface area contributed by atoms with E-state index in [1.165, 1.54) is 11.1 Å². The molecule has 4 heteroatoms. The van der Waals surface area contributed by atoms with E-state index in [4.69, 9.17) is 0 Å². The van der Waals surface area contributed by atoms with Crippen LogP contribution in [0.2, 0.25) is 0 Å². The van der Waals surface area contributed by atoms with Crippen LogP contribution in [0.4, 0.5) is 0 Å². The molecule has 0 radical (unpaired) electrons. The smallest absolute Gasteiger partial charge is 0.306 e. The molecule has 132 valence electrons. The summed E-state index contributed by atoms with van der Waals surface area (Å²) < 4.78 is 0. The van der Waals surface area contributed by atoms with Crippen molar-refractivity contribution in [1.29, 1.82) is 0 Å². The first kappa shape index (κ1) is 17.6. The van der Waals surface area contributed by atoms with Gasteiger partial charge in [0.25, 0.3) is 0 Å². The normalized spacial score (nSPS) is 17.4. The molecule has 1 fully saturated rings. The molecule has 1 aliphatic heterocycles. The number of rotatable bonds is 5. The molecule has 1 unspecified atom stereocenters. The van der Waals surface area contributed by atoms with Gasteiger partial charge in [-0.15, -0.1) is 0 Å². The molecule has 1 aromatic carbocycles. The first-order valence-corrected chi connectivity index (χ1v) is 9.06. The maximum Gasteiger partial charge on any atom is 0.306 e. The lowest BCUT2D eigenvalue weighted by Gasteiger charge is -2.36. The van der Waals surface area contributed by atoms with Crippen molar-refractivity contribution >= 4 is 5.97 Å². The van der Waals surface area contributed by atoms with Gasteiger partial charge in [-0.3, -0.25) is 14.7 Å². The molecule has 1 aromatic heterocycles. The Morgan fingerprint density at radius 3 is 2.40 bits per heavy atom. The van der Waals surface area contributed by atoms with Gasteiger partial charge in [0.05, 0.1) is 17.7 Å². The number of aliphatic carboxylic acids is 1. The Balaban J connectivity index is 1.89. The van der Waals surface area contributed by atoms with Crippen molar-refractivity contribution in [2.24, 2.45) is 5.92 Å². The fraction of sp³-hybridized carbons (Fsp3) is 0.429. The third kappa shape index (κ3) is 4.07. The molecular weight excluding hydrogens is 312 g/mol. The molecule has 1 atom stereocenters. The summed E-state index contributed by atoms with van der Waals surface area (Å²) in [6.45, 7) is 5.77. The number of carbonyl (C=O) groups is 1. The quantitative estimate of drug-likeness (QED) is 0.900. The van der Waals surface area contributed by atoms with Crippen molar-refractivity contribution in [2.45, 2.75) is 39.2 Å². The van der Waals surface area contributed by atoms with Crippen LogP contribution in [0.1, 0.15) is 48.2 Å². The van der Waals surface area contributed by atoms with Crippen LogP contribution >= 0.6 is 0 Å². The summed E-state index contributed by atoms with van der Waals surface area (Å²) in [4.78, 5) is 18.3. The summed E-state index contributed by atoms with van der Waals surface area (Å²) in [6.07, 6.45) is 4.33. The number of hydrogen-bond acceptors (Lipinski definition) is 3. The third-order valence-electron chi connectivity index (χ3n) is 5.16. The second-order valence-electron chi connectivity index (χ2n) is 6.91. The van der Waals surface area contributed by atoms with Gasteiger partial charge in [-0.25, -0.2) is 0 Å². The number of pyridine rings is 1. The third-order valence-corrected chi connectivity index (χ3v) is 5.16. The van der Waals surface area contributed by atoms with Gasteiger partial charge in [-0.2, -0.15) is 0 Å². The Labute approximate surface area is 149 Å². The zero-order valence-corrected chi connectivity index (χ0v) is 15.0. The van der Waals surface area contributed by atoms with Crippen LogP contribution in [-0.2, 0) is 11.2 Å². The van der Waals surface area contributed by atoms with E-state index < -0.39 is 5.97 Å². The van der Waals surface area contributed by atoms with E-state index in [2.05, 4.69) is 53.2 Å². The maximum atomic E-state index is 11.2. The number of likely N-dealkylation sites (tertiary alicyclic amines) is 1. The van der Waals surface area contributed by atoms with Crippen LogP contribution in [0, 0.1) is 12.8 Å². The Kier molecular flexibility index (Phi) is 5.49. The van der Waals surface area contributed by atoms with Gasteiger partial charge in [-0.05, 0) is 62.0 Å². The van der Waals surface area contributed by atoms with Gasteiger partial charge in [0.1, 0.15) is 0 Å². The number of carboxylic acid groups (broad SMARTS) is 1. The molecule has 1 aliphatic rings. The molecule has 0 saturated carbocycles. The fourth-order valence-electron chi connectivity index (χ4n) is 3.55. The van der Waals surface area contributed by atoms with Crippen molar-refractivity contribution in [3.8, 4) is 0 Å². The summed E-state index contributed by atoms with van der Waals surface area (Å²) in [6, 6.07) is 13.0. The molecule has 0 bridgehead atoms. The van der Waals surface area contributed by atoms with Crippen LogP contribution in [0.25, 0.3) is 0 Å². The monoisotopic (exact) mass is 338 g/mol. The van der Waals surface area contributed by atoms with Crippen molar-refractivity contribution < 1.29 is 9.90 Å². The molecule has 1 saturated heterocycles. The predicted octanol–water partition coefficient (Wildman–Crippen LogP) is 3.84. The van der Waals surface area contributed by atoms with Crippen molar-refractivity contribution in [3.63, 3.8) is 0 Å². The predicted molar refractivity (Wildman–Crippen MR) is 98.6 cm³/mol. The molecule has 3 rings (SSSR count). The van der Waals surface area contributed by atoms with E-state index in [1.807, 2.05) is 13.1 Å². The van der Waals surface area contributed by atoms with Crippen LogP contribution in [0.3, 0.4) is 0 Å². The van der Waals surface area contributed by atoms with Gasteiger partial charge in [-0.1, -0.05) is 37.3 Å². The minimum atomic E-state index is -0.669. The van der Waals surface area contributed by atoms with Crippen LogP contribution in [0.5, 0.6) is 0 Å². The van der Waals surface area contributed by atoms with Crippen molar-refractivity contribution in [2.75, 3.05) is 13.1 Å². The van der Waals surface area contributed by atoms with E-state index in [0.717, 1.165) is 30.8 Å². The minimum absolute atomic E-state index is 0.0845. The van der Waals surface area contributed by atoms with Gasteiger partial charge in [0.2, 0.25) is 0 Å². The molecule has 1 N–H and O–H groups in total. The second-order valence-corrected chi connectivity index (χ2v) is 6.91. The molecule has 0 aliphatic carbocycles. The molecule has 2 aromatic rings. The Bertz CT molecular complexity index is 702. The molecule has 2 heterocycles. The number of nitrogens with zero attached hydrogens (tertiary/aromatic N) is 2. The molecule has 0 amide bonds. The Hall–Kier alpha value is -2.20. The van der Waals surface area contributed by atoms with Gasteiger partial charge >= 0.3 is 5.97 Å². The SMILES string of the molecule is CCc1ccc(C(c2ccc(C)cn2)N2CCC(C(=O)O)CC2)cc1. The van der Waals surface area contributed by atoms with E-state index in [0.29, 0.717) is 12.8 Å². The van der Waals surface area contributed by atoms with Gasteiger partial charge in [0, 0.05) is 6.20 Å². The first-order chi connectivity index (χ1) is 12.1. The Morgan fingerprint density at radius 1 is 1.20 bits per heavy atom. The molecule has 4 nitrogen and oxygen atoms in total. The minimum Gasteiger partial charge on any atom is -0.481 e. The standard InChI is InChI=1S/C21H26N2O2/c1-3-16-5-7-17(8-6-16)20(19-9-4-15(2)14-22-19)23-12-10-18(11-13-23)21(24)25/h4-9,14,18,20H,3,10-13H2,1-2H3,(H,24,25). The average molecular weight is 338 g/mol. The van der Waals surface area contributed by atoms with Gasteiger partial charge < -0.3 is 5.11 Å². The van der Waals surface area contributed by atoms with E-state index in [1.54, 1.807) is 0 Å². The number of hydrogen-bond donors (Lipinski definition) is 1. The average Bonchev–Trinajstić information content (AvgIpc) is 2.64. The fourth-order valence-corrected chi connectivity index (χ4v) is 3.55. The lowest BCUT2D eigenvalue weighted by Crippen LogP contribution is -2.39. The highest BCUT2D eigenvalue weighted by molar-refractivity contribution is 5.70. The van der Waals surface area contributed by atoms with Gasteiger partial charge in [0.15, 0.2) is 0 Å². The van der Waals surface area contributed by atoms with Crippen LogP contribution < -0.4 is 0 Å². The highest BCUT2D eigenvalue weighted by atomic mass is 16.4. The number of carboxylic acids is 1. The second kappa shape index (κ2) is 7.79. The zero-order valence-electron chi connectivity index (χ0n) is 15.0. The largest absolute Gasteiger partial charge is 0.481 e. The van der Waals surface area contributed by atoms with E-state index >= 15 is 0 Å². The topological polar surface area (TPSA) is 53.4 Å². The molecule has 0 spiro atoms. The number of piperidine rings is 1. The van der Waals surface area contributed by atoms with E-state index in [9.17, 15) is 9.90 Å². The summed E-state index contributed by atoms with van der Waals surface area (Å²) >= 11 is 0. The van der Waals surface area contributed by atoms with Crippen molar-refractivity contribution in [3.05, 3.63) is 65.0 Å². The summed E-state index contributed by atoms with van der Waals surface area (Å²) in [5.74, 6) is -0.887. The lowest BCUT2D eigenvalue weighted by molar-refractivity contribution is -0.143. The number of aromatic nitrogens is 1. The lowest BCUT2D eigenvalue weighted by atomic mass is 9.92. The summed E-state index contributed by atoms with van der Waals surface area (Å²) in [7, 11) is 0. The van der Waals surface area contributed by atoms with Crippen molar-refractivity contribution in [1.82, 2.24) is 9.88 Å². The van der Waals surface area contributed by atoms with Crippen LogP contribution in [0.15, 0.2) is 42.6 Å². The maximum absolute atomic E-state index is 11.2. The highest BCUT2D eigenvalue weighted by Crippen LogP contribution is 2.31. The Morgan fingerprint density at radius 2 is 1.88 bits per heavy atom. The highest BCUT2D eigenvalue weighted by Gasteiger charge is 2.30. The van der Waals surface area contributed by atoms with Crippen LogP contribution in [-0.4, -0.2) is 34.0 Å². The first-order valence-electron chi connectivity index (χ1n) is 9.06.